The number of nitrogens with one attached hydrogen (secondary N) is 1. The molecule has 0 bridgehead atoms. The summed E-state index contributed by atoms with van der Waals surface area (Å²) < 4.78 is 59.6. The van der Waals surface area contributed by atoms with Gasteiger partial charge >= 0.3 is 6.18 Å². The third-order valence-electron chi connectivity index (χ3n) is 8.23. The van der Waals surface area contributed by atoms with E-state index in [1.54, 1.807) is 0 Å². The zero-order valence-corrected chi connectivity index (χ0v) is 22.4. The molecule has 0 unspecified atom stereocenters. The molecule has 7 rings (SSSR count). The van der Waals surface area contributed by atoms with E-state index in [0.29, 0.717) is 17.0 Å². The topological polar surface area (TPSA) is 116 Å². The highest BCUT2D eigenvalue weighted by atomic mass is 19.4. The predicted molar refractivity (Wildman–Crippen MR) is 141 cm³/mol. The summed E-state index contributed by atoms with van der Waals surface area (Å²) in [5, 5.41) is 11.4. The van der Waals surface area contributed by atoms with Crippen LogP contribution in [-0.2, 0) is 21.9 Å². The Hall–Kier alpha value is -4.75. The first-order valence-corrected chi connectivity index (χ1v) is 13.2. The van der Waals surface area contributed by atoms with Crippen molar-refractivity contribution in [2.45, 2.75) is 56.2 Å². The fourth-order valence-corrected chi connectivity index (χ4v) is 5.71. The van der Waals surface area contributed by atoms with Crippen LogP contribution in [0.3, 0.4) is 0 Å². The van der Waals surface area contributed by atoms with Crippen molar-refractivity contribution in [1.29, 1.82) is 0 Å². The van der Waals surface area contributed by atoms with Crippen LogP contribution >= 0.6 is 0 Å². The van der Waals surface area contributed by atoms with Crippen molar-refractivity contribution in [2.75, 3.05) is 5.32 Å². The molecular formula is C28H23F4N9O. The van der Waals surface area contributed by atoms with Crippen LogP contribution in [0.4, 0.5) is 23.2 Å². The standard InChI is InChI=1S/C28H23F4N9O/c1-26(5-6-26)40-9-4-19(38-40)27(2)12-16(17-14-35-21-11-20(29)39-41(21)23(17)27)25(42)37-15-10-18(28(30,31)32)22(36-13-15)24-33-7-3-8-34-24/h3-4,7-11,13-14,16H,5-6,12H2,1-2H3,(H,37,42)/t16-,27-/m0/s1. The molecule has 5 heterocycles. The highest BCUT2D eigenvalue weighted by Crippen LogP contribution is 2.50. The van der Waals surface area contributed by atoms with Gasteiger partial charge in [-0.15, -0.1) is 5.10 Å². The minimum absolute atomic E-state index is 0.0711. The Labute approximate surface area is 235 Å². The van der Waals surface area contributed by atoms with Crippen molar-refractivity contribution in [3.63, 3.8) is 0 Å². The molecule has 214 valence electrons. The highest BCUT2D eigenvalue weighted by molar-refractivity contribution is 5.97. The van der Waals surface area contributed by atoms with E-state index in [1.165, 1.54) is 35.2 Å². The summed E-state index contributed by atoms with van der Waals surface area (Å²) in [6.07, 6.45) is 4.58. The number of nitrogens with zero attached hydrogens (tertiary/aromatic N) is 8. The molecule has 14 heteroatoms. The molecule has 0 spiro atoms. The molecule has 0 radical (unpaired) electrons. The number of alkyl halides is 3. The maximum Gasteiger partial charge on any atom is 0.418 e. The Bertz CT molecular complexity index is 1860. The first-order valence-electron chi connectivity index (χ1n) is 13.2. The number of carbonyl (C=O) groups excluding carboxylic acids is 1. The van der Waals surface area contributed by atoms with E-state index >= 15 is 0 Å². The lowest BCUT2D eigenvalue weighted by Crippen LogP contribution is -2.27. The fraction of sp³-hybridized carbons (Fsp3) is 0.321. The molecule has 10 nitrogen and oxygen atoms in total. The van der Waals surface area contributed by atoms with Gasteiger partial charge in [0, 0.05) is 36.4 Å². The predicted octanol–water partition coefficient (Wildman–Crippen LogP) is 4.88. The molecule has 1 N–H and O–H groups in total. The molecule has 2 aliphatic carbocycles. The molecule has 5 aromatic rings. The second kappa shape index (κ2) is 8.87. The Morgan fingerprint density at radius 2 is 1.81 bits per heavy atom. The van der Waals surface area contributed by atoms with Crippen LogP contribution in [0.25, 0.3) is 17.2 Å². The normalized spacial score (nSPS) is 21.0. The zero-order chi connectivity index (χ0) is 29.4. The van der Waals surface area contributed by atoms with Crippen LogP contribution < -0.4 is 5.32 Å². The summed E-state index contributed by atoms with van der Waals surface area (Å²) in [6.45, 7) is 4.01. The Morgan fingerprint density at radius 1 is 1.05 bits per heavy atom. The van der Waals surface area contributed by atoms with Crippen molar-refractivity contribution in [1.82, 2.24) is 39.3 Å². The van der Waals surface area contributed by atoms with Gasteiger partial charge in [-0.2, -0.15) is 22.7 Å². The minimum atomic E-state index is -4.78. The first-order chi connectivity index (χ1) is 20.0. The molecule has 2 aliphatic rings. The quantitative estimate of drug-likeness (QED) is 0.296. The number of rotatable bonds is 5. The second-order valence-corrected chi connectivity index (χ2v) is 11.2. The molecule has 1 fully saturated rings. The van der Waals surface area contributed by atoms with E-state index in [1.807, 2.05) is 23.9 Å². The number of aromatic nitrogens is 8. The number of anilines is 1. The van der Waals surface area contributed by atoms with E-state index < -0.39 is 40.6 Å². The average Bonchev–Trinajstić information content (AvgIpc) is 3.30. The van der Waals surface area contributed by atoms with E-state index in [0.717, 1.165) is 25.1 Å². The van der Waals surface area contributed by atoms with Gasteiger partial charge in [0.15, 0.2) is 11.5 Å². The Kier molecular flexibility index (Phi) is 5.53. The van der Waals surface area contributed by atoms with Crippen LogP contribution in [0, 0.1) is 5.95 Å². The highest BCUT2D eigenvalue weighted by Gasteiger charge is 2.49. The number of amides is 1. The van der Waals surface area contributed by atoms with Gasteiger partial charge in [-0.1, -0.05) is 0 Å². The fourth-order valence-electron chi connectivity index (χ4n) is 5.71. The summed E-state index contributed by atoms with van der Waals surface area (Å²) in [5.41, 5.74) is -0.661. The number of carbonyl (C=O) groups is 1. The van der Waals surface area contributed by atoms with Gasteiger partial charge in [-0.05, 0) is 51.3 Å². The van der Waals surface area contributed by atoms with Crippen LogP contribution in [0.1, 0.15) is 61.5 Å². The van der Waals surface area contributed by atoms with Gasteiger partial charge in [-0.3, -0.25) is 14.5 Å². The second-order valence-electron chi connectivity index (χ2n) is 11.2. The maximum absolute atomic E-state index is 14.3. The molecule has 1 amide bonds. The van der Waals surface area contributed by atoms with Crippen LogP contribution in [0.15, 0.2) is 55.2 Å². The number of hydrogen-bond acceptors (Lipinski definition) is 7. The molecule has 5 aromatic heterocycles. The first kappa shape index (κ1) is 26.2. The Balaban J connectivity index is 1.27. The number of hydrogen-bond donors (Lipinski definition) is 1. The van der Waals surface area contributed by atoms with E-state index in [4.69, 9.17) is 5.10 Å². The molecule has 2 atom stereocenters. The van der Waals surface area contributed by atoms with Crippen molar-refractivity contribution < 1.29 is 22.4 Å². The lowest BCUT2D eigenvalue weighted by molar-refractivity contribution is -0.137. The van der Waals surface area contributed by atoms with Crippen molar-refractivity contribution in [3.8, 4) is 11.5 Å². The van der Waals surface area contributed by atoms with E-state index in [9.17, 15) is 22.4 Å². The largest absolute Gasteiger partial charge is 0.418 e. The third kappa shape index (κ3) is 4.11. The van der Waals surface area contributed by atoms with Gasteiger partial charge in [0.25, 0.3) is 0 Å². The van der Waals surface area contributed by atoms with Crippen LogP contribution in [-0.4, -0.2) is 45.2 Å². The molecule has 0 aliphatic heterocycles. The molecule has 1 saturated carbocycles. The van der Waals surface area contributed by atoms with Crippen molar-refractivity contribution >= 4 is 17.2 Å². The summed E-state index contributed by atoms with van der Waals surface area (Å²) in [6, 6.07) is 5.37. The number of halogens is 4. The summed E-state index contributed by atoms with van der Waals surface area (Å²) in [4.78, 5) is 29.7. The van der Waals surface area contributed by atoms with Gasteiger partial charge in [0.05, 0.1) is 45.7 Å². The zero-order valence-electron chi connectivity index (χ0n) is 22.4. The summed E-state index contributed by atoms with van der Waals surface area (Å²) in [5.74, 6) is -2.33. The molecule has 42 heavy (non-hydrogen) atoms. The number of fused-ring (bicyclic) bond motifs is 3. The molecule has 0 saturated heterocycles. The molecule has 0 aromatic carbocycles. The van der Waals surface area contributed by atoms with Crippen molar-refractivity contribution in [3.05, 3.63) is 83.7 Å². The van der Waals surface area contributed by atoms with Crippen LogP contribution in [0.2, 0.25) is 0 Å². The SMILES string of the molecule is CC1(n2ccc([C@]3(C)C[C@H](C(=O)Nc4cnc(-c5ncccn5)c(C(F)(F)F)c4)c4cnc5cc(F)nn5c43)n2)CC1. The van der Waals surface area contributed by atoms with Gasteiger partial charge < -0.3 is 5.32 Å². The number of pyridine rings is 1. The smallest absolute Gasteiger partial charge is 0.324 e. The Morgan fingerprint density at radius 3 is 2.52 bits per heavy atom. The summed E-state index contributed by atoms with van der Waals surface area (Å²) >= 11 is 0. The van der Waals surface area contributed by atoms with E-state index in [2.05, 4.69) is 37.3 Å². The average molecular weight is 578 g/mol. The van der Waals surface area contributed by atoms with Gasteiger partial charge in [-0.25, -0.2) is 19.5 Å². The van der Waals surface area contributed by atoms with Gasteiger partial charge in [0.2, 0.25) is 11.9 Å². The van der Waals surface area contributed by atoms with E-state index in [-0.39, 0.29) is 29.1 Å². The van der Waals surface area contributed by atoms with Gasteiger partial charge in [0.1, 0.15) is 5.69 Å². The summed E-state index contributed by atoms with van der Waals surface area (Å²) in [7, 11) is 0. The maximum atomic E-state index is 14.3. The monoisotopic (exact) mass is 577 g/mol. The lowest BCUT2D eigenvalue weighted by Gasteiger charge is -2.24. The minimum Gasteiger partial charge on any atom is -0.324 e. The lowest BCUT2D eigenvalue weighted by atomic mass is 9.82. The van der Waals surface area contributed by atoms with Crippen molar-refractivity contribution in [2.24, 2.45) is 0 Å². The third-order valence-corrected chi connectivity index (χ3v) is 8.23. The molecular weight excluding hydrogens is 554 g/mol. The van der Waals surface area contributed by atoms with Crippen LogP contribution in [0.5, 0.6) is 0 Å².